The minimum Gasteiger partial charge on any atom is -0.411 e. The Morgan fingerprint density at radius 3 is 2.21 bits per heavy atom. The maximum atomic E-state index is 15.6. The lowest BCUT2D eigenvalue weighted by atomic mass is 9.77. The number of ether oxygens (including phenoxy) is 7. The Bertz CT molecular complexity index is 2150. The van der Waals surface area contributed by atoms with Crippen LogP contribution in [0.25, 0.3) is 0 Å². The van der Waals surface area contributed by atoms with E-state index in [0.29, 0.717) is 38.4 Å². The van der Waals surface area contributed by atoms with Crippen LogP contribution in [0.15, 0.2) is 63.6 Å². The molecule has 14 heteroatoms. The SMILES string of the molecule is C=C1C[C@H](CCC2OCCO2)O[C@H]1CC[C@H]1C[C@@H](C)C(=C)[C@@H](C[C@@H]2O[C@H](C[C@H](C)CC)[C@H](C)[C@H]2C(C(=O)C[C@H]2CC[C@@H]3O[C@@H]([C@@H](C)/C=C/I)[C@@H](O[Si](C)(C)C(C)(C)C)[C@@H](C)[C@H]3O2)S(=O)(=O)c2ccc(C)cc2)O1. The topological polar surface area (TPSA) is 125 Å². The number of benzene rings is 1. The van der Waals surface area contributed by atoms with Crippen molar-refractivity contribution in [1.82, 2.24) is 0 Å². The van der Waals surface area contributed by atoms with Gasteiger partial charge in [0.2, 0.25) is 0 Å². The number of aryl methyl sites for hydroxylation is 1. The summed E-state index contributed by atoms with van der Waals surface area (Å²) in [5, 5.41) is -1.36. The lowest BCUT2D eigenvalue weighted by Gasteiger charge is -2.53. The van der Waals surface area contributed by atoms with Crippen molar-refractivity contribution in [2.45, 2.75) is 248 Å². The molecule has 0 bridgehead atoms. The molecule has 18 atom stereocenters. The van der Waals surface area contributed by atoms with Crippen molar-refractivity contribution in [3.63, 3.8) is 0 Å². The van der Waals surface area contributed by atoms with Gasteiger partial charge in [-0.2, -0.15) is 0 Å². The molecule has 0 radical (unpaired) electrons. The fourth-order valence-electron chi connectivity index (χ4n) is 12.4. The van der Waals surface area contributed by atoms with Crippen LogP contribution in [-0.2, 0) is 52.2 Å². The third-order valence-corrected chi connectivity index (χ3v) is 25.4. The molecule has 0 amide bonds. The first-order chi connectivity index (χ1) is 34.4. The molecule has 0 saturated carbocycles. The largest absolute Gasteiger partial charge is 0.411 e. The highest BCUT2D eigenvalue weighted by Crippen LogP contribution is 2.48. The number of hydrogen-bond donors (Lipinski definition) is 0. The maximum Gasteiger partial charge on any atom is 0.192 e. The van der Waals surface area contributed by atoms with Crippen molar-refractivity contribution in [1.29, 1.82) is 0 Å². The highest BCUT2D eigenvalue weighted by atomic mass is 127. The van der Waals surface area contributed by atoms with E-state index in [9.17, 15) is 0 Å². The normalized spacial score (nSPS) is 36.2. The summed E-state index contributed by atoms with van der Waals surface area (Å²) >= 11 is 2.28. The van der Waals surface area contributed by atoms with Gasteiger partial charge in [-0.3, -0.25) is 4.79 Å². The van der Waals surface area contributed by atoms with Crippen LogP contribution >= 0.6 is 22.6 Å². The number of rotatable bonds is 21. The second-order valence-corrected chi connectivity index (χ2v) is 32.3. The van der Waals surface area contributed by atoms with Crippen LogP contribution in [0.3, 0.4) is 0 Å². The van der Waals surface area contributed by atoms with Gasteiger partial charge in [-0.15, -0.1) is 0 Å². The fourth-order valence-corrected chi connectivity index (χ4v) is 16.6. The Labute approximate surface area is 455 Å². The van der Waals surface area contributed by atoms with E-state index in [1.807, 2.05) is 19.1 Å². The molecule has 6 aliphatic rings. The van der Waals surface area contributed by atoms with Gasteiger partial charge in [0.25, 0.3) is 0 Å². The highest BCUT2D eigenvalue weighted by Gasteiger charge is 2.56. The zero-order valence-electron chi connectivity index (χ0n) is 46.5. The minimum atomic E-state index is -4.22. The van der Waals surface area contributed by atoms with E-state index in [1.165, 1.54) is 0 Å². The molecule has 6 heterocycles. The third kappa shape index (κ3) is 14.1. The molecule has 6 aliphatic heterocycles. The molecule has 412 valence electrons. The summed E-state index contributed by atoms with van der Waals surface area (Å²) < 4.78 is 86.3. The van der Waals surface area contributed by atoms with Crippen molar-refractivity contribution in [2.75, 3.05) is 13.2 Å². The standard InChI is InChI=1S/C59H93IO11SSi/c1-15-35(2)30-50-41(8)54(52(69-50)34-51-40(7)38(5)31-43(67-51)18-23-48-39(6)32-44(66-48)20-25-53-64-28-29-65-53)58(72(62,63)46-21-16-36(3)17-22-46)47(61)33-45-19-24-49-56(68-45)42(9)57(55(70-49)37(4)26-27-60)71-73(13,14)59(10,11)12/h16-17,21-22,26-27,35,37-38,41-45,48-58H,6-7,15,18-20,23-25,28-34H2,1-5,8-14H3/b27-26+/t35-,37+,38-,41+,42+,43+,44+,45-,48+,49+,50-,51-,52+,54-,55+,56-,57+,58?/m1/s1. The Kier molecular flexibility index (Phi) is 20.5. The molecular formula is C59H93IO11SSi. The van der Waals surface area contributed by atoms with Gasteiger partial charge in [-0.1, -0.05) is 128 Å². The van der Waals surface area contributed by atoms with E-state index in [0.717, 1.165) is 68.1 Å². The van der Waals surface area contributed by atoms with Crippen molar-refractivity contribution in [3.8, 4) is 0 Å². The van der Waals surface area contributed by atoms with Crippen LogP contribution in [0.5, 0.6) is 0 Å². The van der Waals surface area contributed by atoms with Gasteiger partial charge >= 0.3 is 0 Å². The number of sulfone groups is 1. The number of halogens is 1. The smallest absolute Gasteiger partial charge is 0.192 e. The average molecular weight is 1170 g/mol. The van der Waals surface area contributed by atoms with E-state index >= 15 is 13.2 Å². The van der Waals surface area contributed by atoms with Gasteiger partial charge in [-0.25, -0.2) is 8.42 Å². The van der Waals surface area contributed by atoms with Crippen LogP contribution in [0.4, 0.5) is 0 Å². The molecule has 73 heavy (non-hydrogen) atoms. The first-order valence-electron chi connectivity index (χ1n) is 28.1. The monoisotopic (exact) mass is 1160 g/mol. The zero-order chi connectivity index (χ0) is 53.2. The van der Waals surface area contributed by atoms with Gasteiger partial charge in [-0.05, 0) is 122 Å². The Hall–Kier alpha value is -1.31. The molecule has 1 aromatic carbocycles. The van der Waals surface area contributed by atoms with Crippen molar-refractivity contribution in [2.24, 2.45) is 35.5 Å². The predicted molar refractivity (Wildman–Crippen MR) is 300 cm³/mol. The number of fused-ring (bicyclic) bond motifs is 1. The maximum absolute atomic E-state index is 15.6. The Morgan fingerprint density at radius 1 is 0.877 bits per heavy atom. The summed E-state index contributed by atoms with van der Waals surface area (Å²) in [6.45, 7) is 36.7. The summed E-state index contributed by atoms with van der Waals surface area (Å²) in [4.78, 5) is 15.7. The van der Waals surface area contributed by atoms with Gasteiger partial charge < -0.3 is 37.6 Å². The Balaban J connectivity index is 1.13. The molecule has 6 fully saturated rings. The quantitative estimate of drug-likeness (QED) is 0.0664. The summed E-state index contributed by atoms with van der Waals surface area (Å²) in [6.07, 6.45) is 7.99. The van der Waals surface area contributed by atoms with Crippen LogP contribution in [0.2, 0.25) is 18.1 Å². The first kappa shape index (κ1) is 59.4. The van der Waals surface area contributed by atoms with Crippen molar-refractivity contribution >= 4 is 46.5 Å². The number of hydrogen-bond acceptors (Lipinski definition) is 11. The van der Waals surface area contributed by atoms with Gasteiger partial charge in [0.15, 0.2) is 30.2 Å². The lowest BCUT2D eigenvalue weighted by molar-refractivity contribution is -0.246. The van der Waals surface area contributed by atoms with Gasteiger partial charge in [0.1, 0.15) is 5.25 Å². The van der Waals surface area contributed by atoms with E-state index < -0.39 is 41.5 Å². The molecule has 0 aromatic heterocycles. The third-order valence-electron chi connectivity index (χ3n) is 18.3. The molecule has 7 rings (SSSR count). The van der Waals surface area contributed by atoms with E-state index in [4.69, 9.17) is 37.6 Å². The van der Waals surface area contributed by atoms with Crippen LogP contribution in [0, 0.1) is 42.4 Å². The first-order valence-corrected chi connectivity index (χ1v) is 33.8. The summed E-state index contributed by atoms with van der Waals surface area (Å²) in [7, 11) is -6.46. The van der Waals surface area contributed by atoms with Crippen molar-refractivity contribution in [3.05, 3.63) is 64.3 Å². The van der Waals surface area contributed by atoms with Gasteiger partial charge in [0, 0.05) is 37.0 Å². The van der Waals surface area contributed by atoms with Gasteiger partial charge in [0.05, 0.1) is 85.3 Å². The highest BCUT2D eigenvalue weighted by molar-refractivity contribution is 14.1. The number of carbonyl (C=O) groups excluding carboxylic acids is 1. The van der Waals surface area contributed by atoms with E-state index in [2.05, 4.69) is 121 Å². The summed E-state index contributed by atoms with van der Waals surface area (Å²) in [5.41, 5.74) is 3.06. The molecule has 1 unspecified atom stereocenters. The molecule has 11 nitrogen and oxygen atoms in total. The van der Waals surface area contributed by atoms with Crippen LogP contribution in [-0.4, -0.2) is 114 Å². The molecule has 0 aliphatic carbocycles. The summed E-state index contributed by atoms with van der Waals surface area (Å²) in [5.74, 6) is -0.525. The van der Waals surface area contributed by atoms with E-state index in [1.54, 1.807) is 12.1 Å². The molecule has 6 saturated heterocycles. The lowest BCUT2D eigenvalue weighted by Crippen LogP contribution is -2.62. The predicted octanol–water partition coefficient (Wildman–Crippen LogP) is 12.9. The van der Waals surface area contributed by atoms with Crippen LogP contribution < -0.4 is 0 Å². The summed E-state index contributed by atoms with van der Waals surface area (Å²) in [6, 6.07) is 6.96. The number of Topliss-reactive ketones (excluding diaryl/α,β-unsaturated/α-hetero) is 1. The molecule has 0 N–H and O–H groups in total. The van der Waals surface area contributed by atoms with Crippen molar-refractivity contribution < 1.29 is 50.8 Å². The number of ketones is 1. The molecule has 0 spiro atoms. The van der Waals surface area contributed by atoms with Crippen LogP contribution in [0.1, 0.15) is 145 Å². The second-order valence-electron chi connectivity index (χ2n) is 24.8. The minimum absolute atomic E-state index is 0.00800. The zero-order valence-corrected chi connectivity index (χ0v) is 50.5. The average Bonchev–Trinajstić information content (AvgIpc) is 4.06. The Morgan fingerprint density at radius 2 is 1.55 bits per heavy atom. The number of carbonyl (C=O) groups is 1. The molecule has 1 aromatic rings. The molecular weight excluding hydrogens is 1070 g/mol. The van der Waals surface area contributed by atoms with E-state index in [-0.39, 0.29) is 107 Å². The fraction of sp³-hybridized carbons (Fsp3) is 0.780. The second kappa shape index (κ2) is 25.2.